The highest BCUT2D eigenvalue weighted by molar-refractivity contribution is 14.1. The molecule has 1 spiro atoms. The van der Waals surface area contributed by atoms with Gasteiger partial charge in [0.05, 0.1) is 33.0 Å². The highest BCUT2D eigenvalue weighted by Crippen LogP contribution is 2.73. The molecule has 5 atom stereocenters. The van der Waals surface area contributed by atoms with Crippen LogP contribution >= 0.6 is 22.6 Å². The number of halogens is 1. The Morgan fingerprint density at radius 3 is 2.50 bits per heavy atom. The fraction of sp³-hybridized carbons (Fsp3) is 0.241. The Hall–Kier alpha value is -3.73. The number of esters is 3. The van der Waals surface area contributed by atoms with Gasteiger partial charge in [-0.15, -0.1) is 0 Å². The van der Waals surface area contributed by atoms with Crippen LogP contribution in [-0.2, 0) is 29.3 Å². The molecule has 4 aliphatic carbocycles. The predicted molar refractivity (Wildman–Crippen MR) is 139 cm³/mol. The van der Waals surface area contributed by atoms with Crippen molar-refractivity contribution in [3.63, 3.8) is 0 Å². The average molecular weight is 622 g/mol. The van der Waals surface area contributed by atoms with Crippen LogP contribution in [-0.4, -0.2) is 41.7 Å². The van der Waals surface area contributed by atoms with Gasteiger partial charge in [-0.3, -0.25) is 9.59 Å². The first-order valence-corrected chi connectivity index (χ1v) is 13.3. The Kier molecular flexibility index (Phi) is 5.01. The van der Waals surface area contributed by atoms with E-state index in [-0.39, 0.29) is 24.3 Å². The summed E-state index contributed by atoms with van der Waals surface area (Å²) in [4.78, 5) is 51.6. The van der Waals surface area contributed by atoms with Crippen molar-refractivity contribution < 1.29 is 38.5 Å². The Morgan fingerprint density at radius 2 is 1.74 bits per heavy atom. The van der Waals surface area contributed by atoms with Gasteiger partial charge in [-0.1, -0.05) is 42.5 Å². The molecular weight excluding hydrogens is 603 g/mol. The van der Waals surface area contributed by atoms with Crippen molar-refractivity contribution >= 4 is 46.5 Å². The number of benzene rings is 3. The van der Waals surface area contributed by atoms with E-state index in [1.54, 1.807) is 6.07 Å². The van der Waals surface area contributed by atoms with Crippen molar-refractivity contribution in [2.45, 2.75) is 23.9 Å². The zero-order chi connectivity index (χ0) is 26.3. The minimum atomic E-state index is -1.15. The first kappa shape index (κ1) is 23.4. The molecule has 0 radical (unpaired) electrons. The topological polar surface area (TPSA) is 116 Å². The SMILES string of the molecule is O=C(O)c1ccc(I)c(OC(=O)C2C3c4ccccc4C4(c5cccc3c54)C2C(=O)OC2CCOC2=O)c1. The van der Waals surface area contributed by atoms with E-state index >= 15 is 0 Å². The molecule has 8 rings (SSSR count). The third-order valence-electron chi connectivity index (χ3n) is 8.15. The van der Waals surface area contributed by atoms with E-state index in [0.717, 1.165) is 27.8 Å². The third-order valence-corrected chi connectivity index (χ3v) is 9.05. The molecule has 0 saturated carbocycles. The fourth-order valence-corrected chi connectivity index (χ4v) is 7.15. The predicted octanol–water partition coefficient (Wildman–Crippen LogP) is 3.79. The van der Waals surface area contributed by atoms with Crippen LogP contribution in [0.5, 0.6) is 5.75 Å². The number of carbonyl (C=O) groups excluding carboxylic acids is 3. The van der Waals surface area contributed by atoms with E-state index in [9.17, 15) is 24.3 Å². The summed E-state index contributed by atoms with van der Waals surface area (Å²) in [6.45, 7) is 0.173. The number of carboxylic acid groups (broad SMARTS) is 1. The van der Waals surface area contributed by atoms with E-state index in [4.69, 9.17) is 14.2 Å². The van der Waals surface area contributed by atoms with E-state index in [1.165, 1.54) is 12.1 Å². The van der Waals surface area contributed by atoms with Gasteiger partial charge in [0.25, 0.3) is 0 Å². The molecule has 0 aromatic heterocycles. The van der Waals surface area contributed by atoms with Crippen LogP contribution in [0.15, 0.2) is 60.7 Å². The normalized spacial score (nSPS) is 27.1. The first-order valence-electron chi connectivity index (χ1n) is 12.2. The Morgan fingerprint density at radius 1 is 0.974 bits per heavy atom. The van der Waals surface area contributed by atoms with E-state index in [1.807, 2.05) is 65.1 Å². The highest BCUT2D eigenvalue weighted by Gasteiger charge is 2.73. The van der Waals surface area contributed by atoms with Gasteiger partial charge in [-0.2, -0.15) is 0 Å². The molecule has 190 valence electrons. The number of fused-ring (bicyclic) bond motifs is 1. The summed E-state index contributed by atoms with van der Waals surface area (Å²) >= 11 is 1.97. The Bertz CT molecular complexity index is 1600. The number of cyclic esters (lactones) is 1. The molecule has 38 heavy (non-hydrogen) atoms. The van der Waals surface area contributed by atoms with Gasteiger partial charge < -0.3 is 19.3 Å². The van der Waals surface area contributed by atoms with Gasteiger partial charge in [-0.05, 0) is 68.6 Å². The molecule has 0 amide bonds. The Balaban J connectivity index is 1.35. The van der Waals surface area contributed by atoms with Gasteiger partial charge in [0.2, 0.25) is 6.10 Å². The number of carbonyl (C=O) groups is 4. The molecule has 3 aromatic rings. The van der Waals surface area contributed by atoms with Crippen LogP contribution in [0.1, 0.15) is 50.5 Å². The van der Waals surface area contributed by atoms with Crippen LogP contribution in [0.4, 0.5) is 0 Å². The molecule has 1 heterocycles. The number of rotatable bonds is 5. The molecule has 1 N–H and O–H groups in total. The monoisotopic (exact) mass is 622 g/mol. The van der Waals surface area contributed by atoms with Crippen LogP contribution in [0.25, 0.3) is 0 Å². The lowest BCUT2D eigenvalue weighted by Crippen LogP contribution is -2.52. The van der Waals surface area contributed by atoms with Crippen molar-refractivity contribution in [3.05, 3.63) is 97.6 Å². The van der Waals surface area contributed by atoms with Crippen LogP contribution in [0.2, 0.25) is 0 Å². The summed E-state index contributed by atoms with van der Waals surface area (Å²) in [7, 11) is 0. The second-order valence-corrected chi connectivity index (χ2v) is 11.1. The molecular formula is C29H19IO8. The third kappa shape index (κ3) is 3.02. The van der Waals surface area contributed by atoms with Gasteiger partial charge in [0, 0.05) is 12.3 Å². The summed E-state index contributed by atoms with van der Waals surface area (Å²) in [5.74, 6) is -5.30. The second kappa shape index (κ2) is 8.13. The van der Waals surface area contributed by atoms with Gasteiger partial charge in [-0.25, -0.2) is 9.59 Å². The molecule has 1 aliphatic heterocycles. The lowest BCUT2D eigenvalue weighted by molar-refractivity contribution is -0.169. The smallest absolute Gasteiger partial charge is 0.347 e. The zero-order valence-electron chi connectivity index (χ0n) is 19.7. The van der Waals surface area contributed by atoms with Crippen molar-refractivity contribution in [2.75, 3.05) is 6.61 Å². The zero-order valence-corrected chi connectivity index (χ0v) is 21.8. The molecule has 2 bridgehead atoms. The number of ether oxygens (including phenoxy) is 3. The molecule has 1 saturated heterocycles. The number of hydrogen-bond donors (Lipinski definition) is 1. The molecule has 5 aliphatic rings. The highest BCUT2D eigenvalue weighted by atomic mass is 127. The quantitative estimate of drug-likeness (QED) is 0.260. The van der Waals surface area contributed by atoms with Crippen molar-refractivity contribution in [1.82, 2.24) is 0 Å². The molecule has 3 aromatic carbocycles. The maximum atomic E-state index is 14.0. The Labute approximate surface area is 230 Å². The largest absolute Gasteiger partial charge is 0.478 e. The van der Waals surface area contributed by atoms with E-state index in [2.05, 4.69) is 0 Å². The lowest BCUT2D eigenvalue weighted by atomic mass is 9.55. The summed E-state index contributed by atoms with van der Waals surface area (Å²) in [6, 6.07) is 17.9. The van der Waals surface area contributed by atoms with Crippen molar-refractivity contribution in [3.8, 4) is 5.75 Å². The minimum absolute atomic E-state index is 0.0193. The summed E-state index contributed by atoms with van der Waals surface area (Å²) in [5.41, 5.74) is 4.02. The van der Waals surface area contributed by atoms with E-state index in [0.29, 0.717) is 3.57 Å². The maximum absolute atomic E-state index is 14.0. The lowest BCUT2D eigenvalue weighted by Gasteiger charge is -2.46. The van der Waals surface area contributed by atoms with Crippen LogP contribution in [0, 0.1) is 15.4 Å². The van der Waals surface area contributed by atoms with Crippen LogP contribution < -0.4 is 4.74 Å². The number of carboxylic acids is 1. The van der Waals surface area contributed by atoms with Crippen LogP contribution in [0.3, 0.4) is 0 Å². The van der Waals surface area contributed by atoms with Gasteiger partial charge in [0.1, 0.15) is 5.75 Å². The average Bonchev–Trinajstić information content (AvgIpc) is 3.42. The molecule has 1 fully saturated rings. The summed E-state index contributed by atoms with van der Waals surface area (Å²) < 4.78 is 17.1. The molecule has 5 unspecified atom stereocenters. The summed E-state index contributed by atoms with van der Waals surface area (Å²) in [5, 5.41) is 9.43. The van der Waals surface area contributed by atoms with Crippen molar-refractivity contribution in [1.29, 1.82) is 0 Å². The molecule has 8 nitrogen and oxygen atoms in total. The van der Waals surface area contributed by atoms with Gasteiger partial charge in [0.15, 0.2) is 0 Å². The van der Waals surface area contributed by atoms with E-state index < -0.39 is 53.1 Å². The maximum Gasteiger partial charge on any atom is 0.347 e. The number of hydrogen-bond acceptors (Lipinski definition) is 7. The molecule has 9 heteroatoms. The van der Waals surface area contributed by atoms with Crippen molar-refractivity contribution in [2.24, 2.45) is 11.8 Å². The first-order chi connectivity index (χ1) is 18.3. The number of aromatic carboxylic acids is 1. The van der Waals surface area contributed by atoms with Gasteiger partial charge >= 0.3 is 23.9 Å². The second-order valence-electron chi connectivity index (χ2n) is 9.90. The standard InChI is InChI=1S/C29H19IO8/c30-18-9-8-13(25(31)32)12-20(18)38-27(34)22-21-14-4-1-2-6-16(14)29(17-7-3-5-15(21)23(17)29)24(22)28(35)37-19-10-11-36-26(19)33/h1-9,12,19,21-22,24H,10-11H2,(H,31,32). The summed E-state index contributed by atoms with van der Waals surface area (Å²) in [6.07, 6.45) is -0.751. The fourth-order valence-electron chi connectivity index (χ4n) is 6.70. The minimum Gasteiger partial charge on any atom is -0.478 e.